The Labute approximate surface area is 99.3 Å². The van der Waals surface area contributed by atoms with Crippen LogP contribution in [0.25, 0.3) is 0 Å². The molecule has 0 radical (unpaired) electrons. The third-order valence-electron chi connectivity index (χ3n) is 2.28. The lowest BCUT2D eigenvalue weighted by Crippen LogP contribution is -2.47. The van der Waals surface area contributed by atoms with Gasteiger partial charge in [0.25, 0.3) is 0 Å². The highest BCUT2D eigenvalue weighted by atomic mass is 16.7. The smallest absolute Gasteiger partial charge is 0.335 e. The molecule has 0 spiro atoms. The second kappa shape index (κ2) is 5.16. The van der Waals surface area contributed by atoms with Crippen LogP contribution in [0.1, 0.15) is 19.6 Å². The van der Waals surface area contributed by atoms with E-state index in [9.17, 15) is 15.0 Å². The van der Waals surface area contributed by atoms with E-state index in [0.717, 1.165) is 0 Å². The van der Waals surface area contributed by atoms with Crippen LogP contribution < -0.4 is 0 Å². The standard InChI is InChI=1S/C12H16O5/c1-8(2)11(14)17-12(15,9(3)13)7-10-5-4-6-16-10/h4-6,9,13,15H,1,7H2,2-3H3. The zero-order valence-electron chi connectivity index (χ0n) is 9.84. The summed E-state index contributed by atoms with van der Waals surface area (Å²) in [4.78, 5) is 11.4. The van der Waals surface area contributed by atoms with Crippen molar-refractivity contribution in [1.82, 2.24) is 0 Å². The van der Waals surface area contributed by atoms with Crippen molar-refractivity contribution in [3.63, 3.8) is 0 Å². The maximum atomic E-state index is 11.4. The fourth-order valence-electron chi connectivity index (χ4n) is 1.18. The largest absolute Gasteiger partial charge is 0.469 e. The zero-order valence-corrected chi connectivity index (χ0v) is 9.84. The fraction of sp³-hybridized carbons (Fsp3) is 0.417. The molecule has 94 valence electrons. The minimum atomic E-state index is -2.02. The molecule has 1 aromatic heterocycles. The lowest BCUT2D eigenvalue weighted by Gasteiger charge is -2.29. The highest BCUT2D eigenvalue weighted by Gasteiger charge is 2.38. The summed E-state index contributed by atoms with van der Waals surface area (Å²) >= 11 is 0. The molecule has 5 heteroatoms. The number of carbonyl (C=O) groups is 1. The molecule has 2 atom stereocenters. The first-order valence-corrected chi connectivity index (χ1v) is 5.17. The molecular weight excluding hydrogens is 224 g/mol. The van der Waals surface area contributed by atoms with Gasteiger partial charge in [-0.2, -0.15) is 0 Å². The Bertz CT molecular complexity index is 393. The van der Waals surface area contributed by atoms with Gasteiger partial charge in [0.05, 0.1) is 12.7 Å². The van der Waals surface area contributed by atoms with Gasteiger partial charge < -0.3 is 19.4 Å². The third-order valence-corrected chi connectivity index (χ3v) is 2.28. The molecule has 0 saturated carbocycles. The number of furan rings is 1. The molecule has 2 N–H and O–H groups in total. The maximum absolute atomic E-state index is 11.4. The molecule has 0 aliphatic rings. The van der Waals surface area contributed by atoms with E-state index in [1.54, 1.807) is 12.1 Å². The number of esters is 1. The van der Waals surface area contributed by atoms with Crippen LogP contribution in [0.4, 0.5) is 0 Å². The molecule has 0 aliphatic heterocycles. The highest BCUT2D eigenvalue weighted by Crippen LogP contribution is 2.21. The quantitative estimate of drug-likeness (QED) is 0.456. The van der Waals surface area contributed by atoms with Gasteiger partial charge in [-0.05, 0) is 26.0 Å². The van der Waals surface area contributed by atoms with Gasteiger partial charge in [0.15, 0.2) is 0 Å². The van der Waals surface area contributed by atoms with Crippen molar-refractivity contribution in [1.29, 1.82) is 0 Å². The van der Waals surface area contributed by atoms with Crippen molar-refractivity contribution in [3.05, 3.63) is 36.3 Å². The van der Waals surface area contributed by atoms with Gasteiger partial charge in [-0.1, -0.05) is 6.58 Å². The summed E-state index contributed by atoms with van der Waals surface area (Å²) in [6.07, 6.45) is 0.0469. The lowest BCUT2D eigenvalue weighted by molar-refractivity contribution is -0.241. The van der Waals surface area contributed by atoms with Crippen LogP contribution in [0.5, 0.6) is 0 Å². The summed E-state index contributed by atoms with van der Waals surface area (Å²) in [6.45, 7) is 6.19. The first kappa shape index (κ1) is 13.5. The lowest BCUT2D eigenvalue weighted by atomic mass is 10.1. The molecule has 1 rings (SSSR count). The van der Waals surface area contributed by atoms with E-state index in [2.05, 4.69) is 6.58 Å². The van der Waals surface area contributed by atoms with E-state index >= 15 is 0 Å². The Morgan fingerprint density at radius 1 is 1.71 bits per heavy atom. The van der Waals surface area contributed by atoms with Crippen molar-refractivity contribution < 1.29 is 24.2 Å². The van der Waals surface area contributed by atoms with Gasteiger partial charge in [0.1, 0.15) is 11.9 Å². The molecule has 0 aliphatic carbocycles. The Morgan fingerprint density at radius 2 is 2.35 bits per heavy atom. The predicted molar refractivity (Wildman–Crippen MR) is 59.9 cm³/mol. The van der Waals surface area contributed by atoms with Crippen molar-refractivity contribution >= 4 is 5.97 Å². The Kier molecular flexibility index (Phi) is 4.09. The molecule has 0 bridgehead atoms. The molecule has 0 aromatic carbocycles. The predicted octanol–water partition coefficient (Wildman–Crippen LogP) is 1.01. The average molecular weight is 240 g/mol. The monoisotopic (exact) mass is 240 g/mol. The van der Waals surface area contributed by atoms with Crippen LogP contribution in [0, 0.1) is 0 Å². The number of aliphatic hydroxyl groups excluding tert-OH is 1. The number of rotatable bonds is 5. The maximum Gasteiger partial charge on any atom is 0.335 e. The van der Waals surface area contributed by atoms with Gasteiger partial charge in [-0.25, -0.2) is 4.79 Å². The molecule has 0 amide bonds. The topological polar surface area (TPSA) is 79.9 Å². The van der Waals surface area contributed by atoms with Crippen LogP contribution >= 0.6 is 0 Å². The molecular formula is C12H16O5. The molecule has 17 heavy (non-hydrogen) atoms. The second-order valence-corrected chi connectivity index (χ2v) is 3.95. The van der Waals surface area contributed by atoms with E-state index < -0.39 is 17.9 Å². The van der Waals surface area contributed by atoms with Crippen molar-refractivity contribution in [2.45, 2.75) is 32.2 Å². The summed E-state index contributed by atoms with van der Waals surface area (Å²) in [5, 5.41) is 19.6. The second-order valence-electron chi connectivity index (χ2n) is 3.95. The van der Waals surface area contributed by atoms with Crippen molar-refractivity contribution in [2.24, 2.45) is 0 Å². The summed E-state index contributed by atoms with van der Waals surface area (Å²) in [7, 11) is 0. The Morgan fingerprint density at radius 3 is 2.76 bits per heavy atom. The van der Waals surface area contributed by atoms with Gasteiger partial charge in [0, 0.05) is 5.57 Å². The molecule has 2 unspecified atom stereocenters. The summed E-state index contributed by atoms with van der Waals surface area (Å²) in [5.74, 6) is -2.38. The molecule has 0 fully saturated rings. The zero-order chi connectivity index (χ0) is 13.1. The molecule has 5 nitrogen and oxygen atoms in total. The summed E-state index contributed by atoms with van der Waals surface area (Å²) < 4.78 is 9.88. The minimum Gasteiger partial charge on any atom is -0.469 e. The van der Waals surface area contributed by atoms with E-state index in [-0.39, 0.29) is 12.0 Å². The molecule has 1 aromatic rings. The van der Waals surface area contributed by atoms with Crippen molar-refractivity contribution in [3.8, 4) is 0 Å². The van der Waals surface area contributed by atoms with Gasteiger partial charge >= 0.3 is 5.97 Å². The normalized spacial score (nSPS) is 16.0. The number of aliphatic hydroxyl groups is 2. The SMILES string of the molecule is C=C(C)C(=O)OC(O)(Cc1ccco1)C(C)O. The number of ether oxygens (including phenoxy) is 1. The minimum absolute atomic E-state index is 0.128. The number of carbonyl (C=O) groups excluding carboxylic acids is 1. The average Bonchev–Trinajstić information content (AvgIpc) is 2.69. The number of hydrogen-bond acceptors (Lipinski definition) is 5. The Balaban J connectivity index is 2.82. The first-order chi connectivity index (χ1) is 7.85. The molecule has 0 saturated heterocycles. The van der Waals surface area contributed by atoms with Crippen LogP contribution in [-0.2, 0) is 16.0 Å². The summed E-state index contributed by atoms with van der Waals surface area (Å²) in [5.41, 5.74) is 0.142. The number of hydrogen-bond donors (Lipinski definition) is 2. The van der Waals surface area contributed by atoms with Crippen LogP contribution in [-0.4, -0.2) is 28.1 Å². The van der Waals surface area contributed by atoms with Gasteiger partial charge in [-0.15, -0.1) is 0 Å². The summed E-state index contributed by atoms with van der Waals surface area (Å²) in [6, 6.07) is 3.25. The van der Waals surface area contributed by atoms with Gasteiger partial charge in [-0.3, -0.25) is 0 Å². The van der Waals surface area contributed by atoms with Crippen LogP contribution in [0.2, 0.25) is 0 Å². The van der Waals surface area contributed by atoms with E-state index in [0.29, 0.717) is 5.76 Å². The Hall–Kier alpha value is -1.59. The van der Waals surface area contributed by atoms with Crippen LogP contribution in [0.15, 0.2) is 35.0 Å². The highest BCUT2D eigenvalue weighted by molar-refractivity contribution is 5.87. The molecule has 1 heterocycles. The fourth-order valence-corrected chi connectivity index (χ4v) is 1.18. The van der Waals surface area contributed by atoms with E-state index in [1.807, 2.05) is 0 Å². The third kappa shape index (κ3) is 3.44. The van der Waals surface area contributed by atoms with Crippen molar-refractivity contribution in [2.75, 3.05) is 0 Å². The van der Waals surface area contributed by atoms with Gasteiger partial charge in [0.2, 0.25) is 5.79 Å². The van der Waals surface area contributed by atoms with E-state index in [4.69, 9.17) is 9.15 Å². The first-order valence-electron chi connectivity index (χ1n) is 5.17. The van der Waals surface area contributed by atoms with Crippen LogP contribution in [0.3, 0.4) is 0 Å². The van der Waals surface area contributed by atoms with E-state index in [1.165, 1.54) is 20.1 Å².